The third kappa shape index (κ3) is 4.03. The van der Waals surface area contributed by atoms with Gasteiger partial charge in [0.2, 0.25) is 5.96 Å². The van der Waals surface area contributed by atoms with Crippen LogP contribution in [0, 0.1) is 5.82 Å². The number of hydrogen-bond donors (Lipinski definition) is 2. The van der Waals surface area contributed by atoms with Crippen molar-refractivity contribution in [1.29, 1.82) is 0 Å². The number of para-hydroxylation sites is 1. The predicted octanol–water partition coefficient (Wildman–Crippen LogP) is 4.53. The Morgan fingerprint density at radius 1 is 1.07 bits per heavy atom. The number of halogens is 2. The monoisotopic (exact) mass is 433 g/mol. The molecule has 3 aromatic rings. The standard InChI is InChI=1S/C20H15ClFN3O3S/c21-14-8-4-5-9-16(14)28-19-15(22)10-11-17-18(19)24-20(25-29(17,26)27)23-12-13-6-2-1-3-7-13/h1-11H,12H2,(H2,23,24,25)/i12D2. The molecule has 0 saturated carbocycles. The fraction of sp³-hybridized carbons (Fsp3) is 0.0500. The highest BCUT2D eigenvalue weighted by Gasteiger charge is 2.31. The second-order valence-electron chi connectivity index (χ2n) is 5.95. The molecule has 0 fully saturated rings. The lowest BCUT2D eigenvalue weighted by atomic mass is 10.2. The van der Waals surface area contributed by atoms with E-state index in [0.29, 0.717) is 0 Å². The highest BCUT2D eigenvalue weighted by atomic mass is 35.5. The summed E-state index contributed by atoms with van der Waals surface area (Å²) < 4.78 is 64.3. The molecule has 1 aliphatic rings. The Hall–Kier alpha value is -3.10. The molecule has 3 aromatic carbocycles. The molecule has 0 saturated heterocycles. The molecule has 29 heavy (non-hydrogen) atoms. The van der Waals surface area contributed by atoms with Crippen LogP contribution in [0.15, 0.2) is 76.6 Å². The Morgan fingerprint density at radius 3 is 2.55 bits per heavy atom. The summed E-state index contributed by atoms with van der Waals surface area (Å²) in [5.74, 6) is -1.56. The summed E-state index contributed by atoms with van der Waals surface area (Å²) >= 11 is 6.08. The lowest BCUT2D eigenvalue weighted by Crippen LogP contribution is -2.41. The first-order valence-corrected chi connectivity index (χ1v) is 10.2. The number of rotatable bonds is 4. The van der Waals surface area contributed by atoms with Crippen molar-refractivity contribution in [2.45, 2.75) is 11.4 Å². The van der Waals surface area contributed by atoms with Crippen LogP contribution in [0.3, 0.4) is 0 Å². The van der Waals surface area contributed by atoms with E-state index in [-0.39, 0.29) is 26.9 Å². The molecular weight excluding hydrogens is 417 g/mol. The van der Waals surface area contributed by atoms with Crippen molar-refractivity contribution in [3.63, 3.8) is 0 Å². The smallest absolute Gasteiger partial charge is 0.266 e. The van der Waals surface area contributed by atoms with Gasteiger partial charge in [-0.1, -0.05) is 54.1 Å². The average molecular weight is 434 g/mol. The number of hydrogen-bond acceptors (Lipinski definition) is 4. The second kappa shape index (κ2) is 7.73. The van der Waals surface area contributed by atoms with Gasteiger partial charge >= 0.3 is 0 Å². The first kappa shape index (κ1) is 16.8. The van der Waals surface area contributed by atoms with Crippen LogP contribution in [-0.2, 0) is 16.5 Å². The number of nitrogens with zero attached hydrogens (tertiary/aromatic N) is 1. The van der Waals surface area contributed by atoms with Gasteiger partial charge in [0.15, 0.2) is 11.6 Å². The zero-order valence-corrected chi connectivity index (χ0v) is 16.3. The van der Waals surface area contributed by atoms with Gasteiger partial charge in [-0.25, -0.2) is 22.5 Å². The van der Waals surface area contributed by atoms with Gasteiger partial charge in [-0.15, -0.1) is 0 Å². The third-order valence-corrected chi connectivity index (χ3v) is 5.65. The molecule has 6 nitrogen and oxygen atoms in total. The van der Waals surface area contributed by atoms with Gasteiger partial charge in [-0.2, -0.15) is 0 Å². The minimum Gasteiger partial charge on any atom is -0.450 e. The number of fused-ring (bicyclic) bond motifs is 1. The molecule has 9 heteroatoms. The van der Waals surface area contributed by atoms with Crippen LogP contribution in [0.1, 0.15) is 8.30 Å². The fourth-order valence-corrected chi connectivity index (χ4v) is 3.92. The van der Waals surface area contributed by atoms with Gasteiger partial charge in [0, 0.05) is 0 Å². The number of benzene rings is 3. The Kier molecular flexibility index (Phi) is 4.48. The molecule has 0 radical (unpaired) electrons. The van der Waals surface area contributed by atoms with Gasteiger partial charge in [0.05, 0.1) is 14.3 Å². The normalized spacial score (nSPS) is 17.4. The molecule has 0 aromatic heterocycles. The van der Waals surface area contributed by atoms with E-state index in [4.69, 9.17) is 19.1 Å². The van der Waals surface area contributed by atoms with Crippen molar-refractivity contribution < 1.29 is 20.3 Å². The van der Waals surface area contributed by atoms with Crippen molar-refractivity contribution in [3.8, 4) is 11.5 Å². The average Bonchev–Trinajstić information content (AvgIpc) is 2.71. The van der Waals surface area contributed by atoms with Gasteiger partial charge in [-0.3, -0.25) is 0 Å². The molecule has 4 rings (SSSR count). The third-order valence-electron chi connectivity index (χ3n) is 3.95. The molecule has 1 aliphatic heterocycles. The number of nitrogens with one attached hydrogen (secondary N) is 2. The van der Waals surface area contributed by atoms with Crippen LogP contribution in [0.5, 0.6) is 11.5 Å². The number of aliphatic imine (C=N–C) groups is 1. The molecule has 0 aliphatic carbocycles. The van der Waals surface area contributed by atoms with E-state index in [1.54, 1.807) is 30.3 Å². The van der Waals surface area contributed by atoms with E-state index in [9.17, 15) is 12.8 Å². The van der Waals surface area contributed by atoms with Crippen LogP contribution in [-0.4, -0.2) is 14.4 Å². The van der Waals surface area contributed by atoms with E-state index >= 15 is 0 Å². The maximum atomic E-state index is 14.6. The van der Waals surface area contributed by atoms with Crippen LogP contribution < -0.4 is 14.8 Å². The SMILES string of the molecule is [2H]C([2H])(N=C1Nc2c(ccc(F)c2Oc2ccccc2Cl)S(=O)(=O)N1)c1ccccc1. The van der Waals surface area contributed by atoms with E-state index < -0.39 is 34.0 Å². The van der Waals surface area contributed by atoms with Crippen LogP contribution in [0.25, 0.3) is 0 Å². The summed E-state index contributed by atoms with van der Waals surface area (Å²) in [6.45, 7) is -2.26. The van der Waals surface area contributed by atoms with Crippen LogP contribution >= 0.6 is 11.6 Å². The minimum atomic E-state index is -4.18. The van der Waals surface area contributed by atoms with Crippen molar-refractivity contribution >= 4 is 33.3 Å². The van der Waals surface area contributed by atoms with Crippen molar-refractivity contribution in [3.05, 3.63) is 83.1 Å². The van der Waals surface area contributed by atoms with Crippen LogP contribution in [0.2, 0.25) is 5.02 Å². The summed E-state index contributed by atoms with van der Waals surface area (Å²) in [7, 11) is -4.18. The predicted molar refractivity (Wildman–Crippen MR) is 109 cm³/mol. The molecule has 0 atom stereocenters. The van der Waals surface area contributed by atoms with Gasteiger partial charge in [0.25, 0.3) is 10.0 Å². The van der Waals surface area contributed by atoms with Crippen LogP contribution in [0.4, 0.5) is 10.1 Å². The zero-order chi connectivity index (χ0) is 22.2. The van der Waals surface area contributed by atoms with Gasteiger partial charge in [-0.05, 0) is 29.8 Å². The molecule has 0 bridgehead atoms. The largest absolute Gasteiger partial charge is 0.450 e. The van der Waals surface area contributed by atoms with Crippen molar-refractivity contribution in [2.75, 3.05) is 5.32 Å². The molecule has 0 unspecified atom stereocenters. The minimum absolute atomic E-state index is 0.118. The lowest BCUT2D eigenvalue weighted by Gasteiger charge is -2.24. The quantitative estimate of drug-likeness (QED) is 0.633. The summed E-state index contributed by atoms with van der Waals surface area (Å²) in [5.41, 5.74) is -0.0117. The number of sulfonamides is 1. The highest BCUT2D eigenvalue weighted by Crippen LogP contribution is 2.40. The van der Waals surface area contributed by atoms with Gasteiger partial charge < -0.3 is 10.1 Å². The van der Waals surface area contributed by atoms with E-state index in [1.807, 2.05) is 0 Å². The summed E-state index contributed by atoms with van der Waals surface area (Å²) in [6, 6.07) is 16.4. The zero-order valence-electron chi connectivity index (χ0n) is 16.7. The second-order valence-corrected chi connectivity index (χ2v) is 8.01. The molecule has 2 N–H and O–H groups in total. The fourth-order valence-electron chi connectivity index (χ4n) is 2.63. The Bertz CT molecular complexity index is 1290. The first-order chi connectivity index (χ1) is 14.7. The Balaban J connectivity index is 1.80. The summed E-state index contributed by atoms with van der Waals surface area (Å²) in [5, 5.41) is 2.84. The van der Waals surface area contributed by atoms with Crippen molar-refractivity contribution in [2.24, 2.45) is 4.99 Å². The highest BCUT2D eigenvalue weighted by molar-refractivity contribution is 7.90. The molecule has 1 heterocycles. The lowest BCUT2D eigenvalue weighted by molar-refractivity contribution is 0.443. The van der Waals surface area contributed by atoms with Gasteiger partial charge in [0.1, 0.15) is 16.3 Å². The first-order valence-electron chi connectivity index (χ1n) is 9.37. The summed E-state index contributed by atoms with van der Waals surface area (Å²) in [4.78, 5) is 3.59. The van der Waals surface area contributed by atoms with E-state index in [1.165, 1.54) is 24.3 Å². The van der Waals surface area contributed by atoms with Crippen molar-refractivity contribution in [1.82, 2.24) is 4.72 Å². The topological polar surface area (TPSA) is 79.8 Å². The molecular formula is C20H15ClFN3O3S. The maximum Gasteiger partial charge on any atom is 0.266 e. The number of ether oxygens (including phenoxy) is 1. The number of anilines is 1. The number of guanidine groups is 1. The van der Waals surface area contributed by atoms with E-state index in [0.717, 1.165) is 12.1 Å². The summed E-state index contributed by atoms with van der Waals surface area (Å²) in [6.07, 6.45) is 0. The molecule has 148 valence electrons. The molecule has 0 spiro atoms. The maximum absolute atomic E-state index is 14.6. The Morgan fingerprint density at radius 2 is 1.79 bits per heavy atom. The Labute approximate surface area is 174 Å². The van der Waals surface area contributed by atoms with E-state index in [2.05, 4.69) is 15.0 Å². The molecule has 0 amide bonds.